The van der Waals surface area contributed by atoms with Crippen LogP contribution in [0.25, 0.3) is 0 Å². The van der Waals surface area contributed by atoms with Crippen LogP contribution in [0.4, 0.5) is 4.39 Å². The Balaban J connectivity index is 1.59. The van der Waals surface area contributed by atoms with E-state index in [9.17, 15) is 27.2 Å². The number of nitrogens with zero attached hydrogens (tertiary/aromatic N) is 1. The van der Waals surface area contributed by atoms with Crippen molar-refractivity contribution in [1.29, 1.82) is 0 Å². The van der Waals surface area contributed by atoms with Gasteiger partial charge < -0.3 is 4.74 Å². The molecular formula is C18H15FN2O6S. The lowest BCUT2D eigenvalue weighted by Gasteiger charge is -2.13. The highest BCUT2D eigenvalue weighted by molar-refractivity contribution is 7.89. The van der Waals surface area contributed by atoms with E-state index in [0.29, 0.717) is 11.1 Å². The minimum Gasteiger partial charge on any atom is -0.462 e. The zero-order valence-corrected chi connectivity index (χ0v) is 15.2. The van der Waals surface area contributed by atoms with Crippen LogP contribution in [-0.2, 0) is 14.8 Å². The van der Waals surface area contributed by atoms with Gasteiger partial charge in [0.1, 0.15) is 5.82 Å². The molecule has 0 aliphatic carbocycles. The quantitative estimate of drug-likeness (QED) is 0.438. The summed E-state index contributed by atoms with van der Waals surface area (Å²) in [5, 5.41) is 4.96. The Labute approximate surface area is 159 Å². The summed E-state index contributed by atoms with van der Waals surface area (Å²) in [7, 11) is -4.11. The maximum atomic E-state index is 13.8. The first-order valence-corrected chi connectivity index (χ1v) is 9.69. The molecule has 0 fully saturated rings. The molecule has 1 aliphatic heterocycles. The lowest BCUT2D eigenvalue weighted by molar-refractivity contribution is 0.0477. The average Bonchev–Trinajstić information content (AvgIpc) is 2.89. The molecule has 0 unspecified atom stereocenters. The number of esters is 1. The van der Waals surface area contributed by atoms with Crippen molar-refractivity contribution in [3.05, 3.63) is 65.0 Å². The highest BCUT2D eigenvalue weighted by Crippen LogP contribution is 2.22. The van der Waals surface area contributed by atoms with E-state index >= 15 is 0 Å². The zero-order valence-electron chi connectivity index (χ0n) is 14.4. The van der Waals surface area contributed by atoms with Gasteiger partial charge in [0, 0.05) is 6.54 Å². The largest absolute Gasteiger partial charge is 0.462 e. The standard InChI is InChI=1S/C18H15FN2O6S/c19-15-7-6-11(28(20,25)26)10-14(15)18(24)27-9-3-8-21-16(22)12-4-1-2-5-13(12)17(21)23/h1-2,4-7,10H,3,8-9H2,(H2,20,25,26). The number of primary sulfonamides is 1. The van der Waals surface area contributed by atoms with Gasteiger partial charge in [0.05, 0.1) is 28.2 Å². The summed E-state index contributed by atoms with van der Waals surface area (Å²) in [5.41, 5.74) is 0.0463. The molecule has 2 aromatic rings. The van der Waals surface area contributed by atoms with Gasteiger partial charge in [0.25, 0.3) is 11.8 Å². The van der Waals surface area contributed by atoms with Crippen LogP contribution in [-0.4, -0.2) is 44.3 Å². The summed E-state index contributed by atoms with van der Waals surface area (Å²) in [6, 6.07) is 8.93. The van der Waals surface area contributed by atoms with E-state index < -0.39 is 44.1 Å². The molecule has 0 bridgehead atoms. The molecule has 2 aromatic carbocycles. The Morgan fingerprint density at radius 1 is 1.07 bits per heavy atom. The Hall–Kier alpha value is -3.11. The fourth-order valence-corrected chi connectivity index (χ4v) is 3.29. The van der Waals surface area contributed by atoms with Gasteiger partial charge in [-0.15, -0.1) is 0 Å². The molecule has 146 valence electrons. The van der Waals surface area contributed by atoms with Gasteiger partial charge in [-0.3, -0.25) is 14.5 Å². The summed E-state index contributed by atoms with van der Waals surface area (Å²) < 4.78 is 41.3. The predicted octanol–water partition coefficient (Wildman–Crippen LogP) is 1.32. The fraction of sp³-hybridized carbons (Fsp3) is 0.167. The van der Waals surface area contributed by atoms with E-state index in [4.69, 9.17) is 9.88 Å². The molecule has 0 saturated heterocycles. The number of carbonyl (C=O) groups is 3. The number of imide groups is 1. The van der Waals surface area contributed by atoms with E-state index in [1.807, 2.05) is 0 Å². The number of sulfonamides is 1. The van der Waals surface area contributed by atoms with Gasteiger partial charge in [-0.1, -0.05) is 12.1 Å². The van der Waals surface area contributed by atoms with Crippen molar-refractivity contribution in [2.75, 3.05) is 13.2 Å². The van der Waals surface area contributed by atoms with Gasteiger partial charge in [0.2, 0.25) is 10.0 Å². The van der Waals surface area contributed by atoms with Crippen molar-refractivity contribution < 1.29 is 31.9 Å². The van der Waals surface area contributed by atoms with Crippen LogP contribution in [0.1, 0.15) is 37.5 Å². The lowest BCUT2D eigenvalue weighted by Crippen LogP contribution is -2.31. The van der Waals surface area contributed by atoms with Crippen molar-refractivity contribution in [2.24, 2.45) is 5.14 Å². The number of hydrogen-bond acceptors (Lipinski definition) is 6. The van der Waals surface area contributed by atoms with Crippen molar-refractivity contribution in [1.82, 2.24) is 4.90 Å². The molecule has 0 aromatic heterocycles. The van der Waals surface area contributed by atoms with Crippen LogP contribution in [0.2, 0.25) is 0 Å². The van der Waals surface area contributed by atoms with E-state index in [2.05, 4.69) is 0 Å². The monoisotopic (exact) mass is 406 g/mol. The SMILES string of the molecule is NS(=O)(=O)c1ccc(F)c(C(=O)OCCCN2C(=O)c3ccccc3C2=O)c1. The first-order chi connectivity index (χ1) is 13.2. The zero-order chi connectivity index (χ0) is 20.5. The van der Waals surface area contributed by atoms with Crippen molar-refractivity contribution in [3.8, 4) is 0 Å². The summed E-state index contributed by atoms with van der Waals surface area (Å²) in [4.78, 5) is 37.0. The van der Waals surface area contributed by atoms with E-state index in [-0.39, 0.29) is 19.6 Å². The first-order valence-electron chi connectivity index (χ1n) is 8.15. The maximum absolute atomic E-state index is 13.8. The van der Waals surface area contributed by atoms with E-state index in [1.54, 1.807) is 24.3 Å². The van der Waals surface area contributed by atoms with Gasteiger partial charge in [0.15, 0.2) is 0 Å². The van der Waals surface area contributed by atoms with Crippen molar-refractivity contribution in [3.63, 3.8) is 0 Å². The Morgan fingerprint density at radius 3 is 2.25 bits per heavy atom. The molecule has 1 heterocycles. The Morgan fingerprint density at radius 2 is 1.68 bits per heavy atom. The molecule has 0 saturated carbocycles. The average molecular weight is 406 g/mol. The number of fused-ring (bicyclic) bond motifs is 1. The molecule has 2 amide bonds. The first kappa shape index (κ1) is 19.6. The molecule has 0 atom stereocenters. The number of carbonyl (C=O) groups excluding carboxylic acids is 3. The minimum absolute atomic E-state index is 0.0132. The van der Waals surface area contributed by atoms with Gasteiger partial charge in [-0.05, 0) is 36.8 Å². The highest BCUT2D eigenvalue weighted by atomic mass is 32.2. The van der Waals surface area contributed by atoms with Gasteiger partial charge >= 0.3 is 5.97 Å². The predicted molar refractivity (Wildman–Crippen MR) is 94.5 cm³/mol. The van der Waals surface area contributed by atoms with Crippen molar-refractivity contribution >= 4 is 27.8 Å². The van der Waals surface area contributed by atoms with Crippen LogP contribution >= 0.6 is 0 Å². The second-order valence-electron chi connectivity index (χ2n) is 5.98. The second kappa shape index (κ2) is 7.49. The lowest BCUT2D eigenvalue weighted by atomic mass is 10.1. The summed E-state index contributed by atoms with van der Waals surface area (Å²) in [6.45, 7) is -0.190. The van der Waals surface area contributed by atoms with Crippen LogP contribution in [0, 0.1) is 5.82 Å². The third-order valence-corrected chi connectivity index (χ3v) is 5.03. The smallest absolute Gasteiger partial charge is 0.341 e. The van der Waals surface area contributed by atoms with Crippen LogP contribution in [0.5, 0.6) is 0 Å². The third-order valence-electron chi connectivity index (χ3n) is 4.12. The summed E-state index contributed by atoms with van der Waals surface area (Å²) in [5.74, 6) is -2.90. The van der Waals surface area contributed by atoms with Gasteiger partial charge in [-0.25, -0.2) is 22.7 Å². The van der Waals surface area contributed by atoms with Crippen LogP contribution in [0.15, 0.2) is 47.4 Å². The number of rotatable bonds is 6. The number of amides is 2. The molecule has 1 aliphatic rings. The summed E-state index contributed by atoms with van der Waals surface area (Å²) >= 11 is 0. The molecule has 3 rings (SSSR count). The van der Waals surface area contributed by atoms with E-state index in [1.165, 1.54) is 0 Å². The number of nitrogens with two attached hydrogens (primary N) is 1. The third kappa shape index (κ3) is 3.78. The normalized spacial score (nSPS) is 13.6. The molecule has 8 nitrogen and oxygen atoms in total. The molecule has 0 spiro atoms. The highest BCUT2D eigenvalue weighted by Gasteiger charge is 2.34. The fourth-order valence-electron chi connectivity index (χ4n) is 2.75. The van der Waals surface area contributed by atoms with E-state index in [0.717, 1.165) is 23.1 Å². The summed E-state index contributed by atoms with van der Waals surface area (Å²) in [6.07, 6.45) is 0.133. The molecule has 2 N–H and O–H groups in total. The molecular weight excluding hydrogens is 391 g/mol. The van der Waals surface area contributed by atoms with Gasteiger partial charge in [-0.2, -0.15) is 0 Å². The molecule has 10 heteroatoms. The Bertz CT molecular complexity index is 1050. The minimum atomic E-state index is -4.11. The second-order valence-corrected chi connectivity index (χ2v) is 7.55. The number of benzene rings is 2. The number of halogens is 1. The maximum Gasteiger partial charge on any atom is 0.341 e. The van der Waals surface area contributed by atoms with Crippen LogP contribution in [0.3, 0.4) is 0 Å². The number of ether oxygens (including phenoxy) is 1. The van der Waals surface area contributed by atoms with Crippen LogP contribution < -0.4 is 5.14 Å². The Kier molecular flexibility index (Phi) is 5.25. The number of hydrogen-bond donors (Lipinski definition) is 1. The topological polar surface area (TPSA) is 124 Å². The van der Waals surface area contributed by atoms with Crippen molar-refractivity contribution in [2.45, 2.75) is 11.3 Å². The molecule has 0 radical (unpaired) electrons. The molecule has 28 heavy (non-hydrogen) atoms.